The fourth-order valence-corrected chi connectivity index (χ4v) is 2.84. The molecule has 0 spiro atoms. The fraction of sp³-hybridized carbons (Fsp3) is 0.227. The van der Waals surface area contributed by atoms with Gasteiger partial charge in [0, 0.05) is 17.3 Å². The average Bonchev–Trinajstić information content (AvgIpc) is 2.81. The zero-order valence-electron chi connectivity index (χ0n) is 18.0. The molecule has 0 aliphatic rings. The van der Waals surface area contributed by atoms with Gasteiger partial charge >= 0.3 is 18.4 Å². The molecule has 35 heavy (non-hydrogen) atoms. The van der Waals surface area contributed by atoms with Crippen molar-refractivity contribution in [3.05, 3.63) is 65.7 Å². The van der Waals surface area contributed by atoms with E-state index in [9.17, 15) is 31.1 Å². The summed E-state index contributed by atoms with van der Waals surface area (Å²) in [6.07, 6.45) is -10.0. The lowest BCUT2D eigenvalue weighted by Gasteiger charge is -2.15. The highest BCUT2D eigenvalue weighted by Gasteiger charge is 2.37. The summed E-state index contributed by atoms with van der Waals surface area (Å²) in [5.74, 6) is 0.837. The molecule has 2 amide bonds. The molecule has 0 fully saturated rings. The van der Waals surface area contributed by atoms with Crippen molar-refractivity contribution >= 4 is 11.7 Å². The number of carbonyl (C=O) groups is 1. The summed E-state index contributed by atoms with van der Waals surface area (Å²) in [6, 6.07) is 10.1. The van der Waals surface area contributed by atoms with E-state index in [0.29, 0.717) is 23.6 Å². The normalized spacial score (nSPS) is 11.6. The van der Waals surface area contributed by atoms with Crippen LogP contribution in [0.5, 0.6) is 11.6 Å². The van der Waals surface area contributed by atoms with Crippen LogP contribution in [-0.2, 0) is 12.4 Å². The number of alkyl halides is 6. The predicted octanol–water partition coefficient (Wildman–Crippen LogP) is 5.39. The molecule has 0 unspecified atom stereocenters. The van der Waals surface area contributed by atoms with Crippen molar-refractivity contribution in [3.8, 4) is 22.9 Å². The van der Waals surface area contributed by atoms with Crippen molar-refractivity contribution in [1.82, 2.24) is 15.5 Å². The molecule has 0 aliphatic carbocycles. The van der Waals surface area contributed by atoms with Gasteiger partial charge in [-0.1, -0.05) is 0 Å². The molecule has 1 aromatic heterocycles. The van der Waals surface area contributed by atoms with Crippen molar-refractivity contribution < 1.29 is 40.6 Å². The van der Waals surface area contributed by atoms with E-state index in [1.165, 1.54) is 0 Å². The molecule has 2 aromatic carbocycles. The number of hydrogen-bond donors (Lipinski definition) is 2. The van der Waals surface area contributed by atoms with E-state index in [0.717, 1.165) is 5.56 Å². The number of nitrogens with one attached hydrogen (secondary N) is 2. The van der Waals surface area contributed by atoms with Crippen LogP contribution in [0.4, 0.5) is 36.8 Å². The Morgan fingerprint density at radius 2 is 1.51 bits per heavy atom. The van der Waals surface area contributed by atoms with Gasteiger partial charge in [0.25, 0.3) is 0 Å². The first-order valence-electron chi connectivity index (χ1n) is 9.91. The number of anilines is 1. The molecule has 13 heteroatoms. The number of hydrogen-bond acceptors (Lipinski definition) is 5. The van der Waals surface area contributed by atoms with Crippen LogP contribution >= 0.6 is 0 Å². The van der Waals surface area contributed by atoms with Crippen molar-refractivity contribution in [2.45, 2.75) is 12.4 Å². The second kappa shape index (κ2) is 10.5. The maximum absolute atomic E-state index is 12.9. The average molecular weight is 500 g/mol. The first kappa shape index (κ1) is 25.6. The molecule has 0 radical (unpaired) electrons. The topological polar surface area (TPSA) is 85.4 Å². The van der Waals surface area contributed by atoms with Gasteiger partial charge in [0.1, 0.15) is 12.4 Å². The van der Waals surface area contributed by atoms with E-state index in [2.05, 4.69) is 15.5 Å². The molecule has 1 heterocycles. The molecule has 0 bridgehead atoms. The molecule has 3 aromatic rings. The number of ether oxygens (including phenoxy) is 2. The Bertz CT molecular complexity index is 1120. The summed E-state index contributed by atoms with van der Waals surface area (Å²) in [5.41, 5.74) is -2.36. The minimum atomic E-state index is -5.02. The number of aromatic nitrogens is 2. The first-order valence-corrected chi connectivity index (χ1v) is 9.91. The standard InChI is InChI=1S/C22H18F6N4O3/c1-34-17-4-2-13(3-5-17)18-6-7-19(32-31-18)35-9-8-29-20(33)30-16-11-14(21(23,24)25)10-15(12-16)22(26,27)28/h2-7,10-12H,8-9H2,1H3,(H2,29,30,33). The lowest BCUT2D eigenvalue weighted by atomic mass is 10.1. The third-order valence-electron chi connectivity index (χ3n) is 4.51. The number of methoxy groups -OCH3 is 1. The SMILES string of the molecule is COc1ccc(-c2ccc(OCCNC(=O)Nc3cc(C(F)(F)F)cc(C(F)(F)F)c3)nn2)cc1. The van der Waals surface area contributed by atoms with Crippen LogP contribution in [0.2, 0.25) is 0 Å². The molecule has 2 N–H and O–H groups in total. The third kappa shape index (κ3) is 7.22. The molecular formula is C22H18F6N4O3. The Morgan fingerprint density at radius 1 is 0.886 bits per heavy atom. The predicted molar refractivity (Wildman–Crippen MR) is 113 cm³/mol. The van der Waals surface area contributed by atoms with E-state index in [-0.39, 0.29) is 25.1 Å². The fourth-order valence-electron chi connectivity index (χ4n) is 2.84. The molecule has 3 rings (SSSR count). The largest absolute Gasteiger partial charge is 0.497 e. The Kier molecular flexibility index (Phi) is 7.67. The molecule has 0 saturated heterocycles. The van der Waals surface area contributed by atoms with Crippen molar-refractivity contribution in [3.63, 3.8) is 0 Å². The number of rotatable bonds is 7. The van der Waals surface area contributed by atoms with E-state index in [1.54, 1.807) is 43.5 Å². The summed E-state index contributed by atoms with van der Waals surface area (Å²) in [7, 11) is 1.55. The summed E-state index contributed by atoms with van der Waals surface area (Å²) in [4.78, 5) is 11.9. The van der Waals surface area contributed by atoms with Crippen LogP contribution in [-0.4, -0.2) is 36.5 Å². The monoisotopic (exact) mass is 500 g/mol. The van der Waals surface area contributed by atoms with E-state index in [4.69, 9.17) is 9.47 Å². The van der Waals surface area contributed by atoms with Gasteiger partial charge in [-0.15, -0.1) is 10.2 Å². The summed E-state index contributed by atoms with van der Waals surface area (Å²) in [5, 5.41) is 12.2. The van der Waals surface area contributed by atoms with Crippen molar-refractivity contribution in [2.24, 2.45) is 0 Å². The zero-order valence-corrected chi connectivity index (χ0v) is 18.0. The van der Waals surface area contributed by atoms with Gasteiger partial charge < -0.3 is 20.1 Å². The summed E-state index contributed by atoms with van der Waals surface area (Å²) < 4.78 is 87.9. The quantitative estimate of drug-likeness (QED) is 0.336. The highest BCUT2D eigenvalue weighted by Crippen LogP contribution is 2.37. The molecule has 7 nitrogen and oxygen atoms in total. The lowest BCUT2D eigenvalue weighted by molar-refractivity contribution is -0.143. The minimum absolute atomic E-state index is 0.0299. The second-order valence-corrected chi connectivity index (χ2v) is 7.01. The van der Waals surface area contributed by atoms with E-state index < -0.39 is 35.2 Å². The van der Waals surface area contributed by atoms with E-state index in [1.807, 2.05) is 5.32 Å². The number of amides is 2. The zero-order chi connectivity index (χ0) is 25.6. The van der Waals surface area contributed by atoms with Crippen molar-refractivity contribution in [2.75, 3.05) is 25.6 Å². The molecular weight excluding hydrogens is 482 g/mol. The number of urea groups is 1. The van der Waals surface area contributed by atoms with Gasteiger partial charge in [0.15, 0.2) is 0 Å². The highest BCUT2D eigenvalue weighted by molar-refractivity contribution is 5.89. The maximum atomic E-state index is 12.9. The maximum Gasteiger partial charge on any atom is 0.416 e. The molecule has 186 valence electrons. The van der Waals surface area contributed by atoms with Crippen LogP contribution < -0.4 is 20.1 Å². The van der Waals surface area contributed by atoms with Gasteiger partial charge in [-0.2, -0.15) is 26.3 Å². The number of carbonyl (C=O) groups excluding carboxylic acids is 1. The van der Waals surface area contributed by atoms with Gasteiger partial charge in [-0.3, -0.25) is 0 Å². The van der Waals surface area contributed by atoms with Gasteiger partial charge in [-0.05, 0) is 48.5 Å². The molecule has 0 saturated carbocycles. The summed E-state index contributed by atoms with van der Waals surface area (Å²) >= 11 is 0. The number of halogens is 6. The Balaban J connectivity index is 1.52. The second-order valence-electron chi connectivity index (χ2n) is 7.01. The Hall–Kier alpha value is -4.03. The Labute approximate surface area is 195 Å². The smallest absolute Gasteiger partial charge is 0.416 e. The third-order valence-corrected chi connectivity index (χ3v) is 4.51. The first-order chi connectivity index (χ1) is 16.5. The van der Waals surface area contributed by atoms with Gasteiger partial charge in [0.05, 0.1) is 30.5 Å². The minimum Gasteiger partial charge on any atom is -0.497 e. The molecule has 0 aliphatic heterocycles. The Morgan fingerprint density at radius 3 is 2.03 bits per heavy atom. The van der Waals surface area contributed by atoms with Gasteiger partial charge in [-0.25, -0.2) is 4.79 Å². The van der Waals surface area contributed by atoms with Crippen LogP contribution in [0.1, 0.15) is 11.1 Å². The number of benzene rings is 2. The van der Waals surface area contributed by atoms with Gasteiger partial charge in [0.2, 0.25) is 5.88 Å². The number of nitrogens with zero attached hydrogens (tertiary/aromatic N) is 2. The highest BCUT2D eigenvalue weighted by atomic mass is 19.4. The van der Waals surface area contributed by atoms with Crippen LogP contribution in [0, 0.1) is 0 Å². The van der Waals surface area contributed by atoms with E-state index >= 15 is 0 Å². The van der Waals surface area contributed by atoms with Crippen molar-refractivity contribution in [1.29, 1.82) is 0 Å². The molecule has 0 atom stereocenters. The van der Waals surface area contributed by atoms with Crippen LogP contribution in [0.3, 0.4) is 0 Å². The van der Waals surface area contributed by atoms with Crippen LogP contribution in [0.25, 0.3) is 11.3 Å². The lowest BCUT2D eigenvalue weighted by Crippen LogP contribution is -2.32. The summed E-state index contributed by atoms with van der Waals surface area (Å²) in [6.45, 7) is -0.195. The van der Waals surface area contributed by atoms with Crippen LogP contribution in [0.15, 0.2) is 54.6 Å².